The molecule has 2 aliphatic heterocycles. The van der Waals surface area contributed by atoms with Gasteiger partial charge in [-0.15, -0.1) is 0 Å². The molecule has 9 heteroatoms. The van der Waals surface area contributed by atoms with E-state index in [0.29, 0.717) is 38.4 Å². The van der Waals surface area contributed by atoms with Gasteiger partial charge in [0.05, 0.1) is 13.0 Å². The molecule has 2 aromatic rings. The number of piperidine rings is 2. The van der Waals surface area contributed by atoms with E-state index in [1.54, 1.807) is 12.0 Å². The second-order valence-corrected chi connectivity index (χ2v) is 10.1. The Hall–Kier alpha value is -3.33. The molecule has 0 radical (unpaired) electrons. The zero-order valence-corrected chi connectivity index (χ0v) is 21.4. The van der Waals surface area contributed by atoms with Crippen molar-refractivity contribution in [1.82, 2.24) is 9.80 Å². The lowest BCUT2D eigenvalue weighted by Gasteiger charge is -2.38. The molecule has 1 atom stereocenters. The Labute approximate surface area is 220 Å². The van der Waals surface area contributed by atoms with Crippen LogP contribution < -0.4 is 4.74 Å². The Bertz CT molecular complexity index is 1130. The molecular formula is C29H33F3N2O4. The number of carbonyl (C=O) groups excluding carboxylic acids is 1. The topological polar surface area (TPSA) is 70.1 Å². The highest BCUT2D eigenvalue weighted by Crippen LogP contribution is 2.32. The molecule has 2 fully saturated rings. The summed E-state index contributed by atoms with van der Waals surface area (Å²) in [5.41, 5.74) is 1.33. The quantitative estimate of drug-likeness (QED) is 0.387. The van der Waals surface area contributed by atoms with Gasteiger partial charge in [0.25, 0.3) is 0 Å². The molecule has 0 bridgehead atoms. The van der Waals surface area contributed by atoms with Crippen molar-refractivity contribution in [1.29, 1.82) is 0 Å². The number of nitrogens with zero attached hydrogens (tertiary/aromatic N) is 2. The van der Waals surface area contributed by atoms with Crippen LogP contribution >= 0.6 is 0 Å². The fraction of sp³-hybridized carbons (Fsp3) is 0.448. The van der Waals surface area contributed by atoms with Crippen LogP contribution in [0.4, 0.5) is 13.2 Å². The number of halogens is 3. The molecule has 2 heterocycles. The van der Waals surface area contributed by atoms with E-state index in [9.17, 15) is 27.9 Å². The Morgan fingerprint density at radius 1 is 1.00 bits per heavy atom. The van der Waals surface area contributed by atoms with Crippen molar-refractivity contribution in [2.75, 3.05) is 39.8 Å². The maximum atomic E-state index is 13.4. The number of amides is 1. The van der Waals surface area contributed by atoms with Crippen molar-refractivity contribution in [2.24, 2.45) is 11.8 Å². The second kappa shape index (κ2) is 12.5. The van der Waals surface area contributed by atoms with Crippen LogP contribution in [0.25, 0.3) is 6.08 Å². The number of methoxy groups -OCH3 is 1. The first-order valence-corrected chi connectivity index (χ1v) is 13.0. The number of hydrogen-bond acceptors (Lipinski definition) is 4. The van der Waals surface area contributed by atoms with Gasteiger partial charge in [0.1, 0.15) is 5.75 Å². The van der Waals surface area contributed by atoms with E-state index in [4.69, 9.17) is 4.74 Å². The summed E-state index contributed by atoms with van der Waals surface area (Å²) in [6.07, 6.45) is 5.53. The minimum absolute atomic E-state index is 0.0415. The summed E-state index contributed by atoms with van der Waals surface area (Å²) in [5.74, 6) is -4.60. The molecular weight excluding hydrogens is 497 g/mol. The van der Waals surface area contributed by atoms with Gasteiger partial charge in [-0.3, -0.25) is 9.59 Å². The van der Waals surface area contributed by atoms with Crippen LogP contribution in [0, 0.1) is 29.3 Å². The molecule has 38 heavy (non-hydrogen) atoms. The maximum absolute atomic E-state index is 13.4. The average molecular weight is 531 g/mol. The smallest absolute Gasteiger partial charge is 0.308 e. The highest BCUT2D eigenvalue weighted by molar-refractivity contribution is 5.91. The number of hydrogen-bond donors (Lipinski definition) is 1. The number of ether oxygens (including phenoxy) is 1. The molecule has 0 saturated carbocycles. The van der Waals surface area contributed by atoms with Gasteiger partial charge in [-0.1, -0.05) is 12.1 Å². The summed E-state index contributed by atoms with van der Waals surface area (Å²) < 4.78 is 45.1. The zero-order valence-electron chi connectivity index (χ0n) is 21.4. The molecule has 1 N–H and O–H groups in total. The first-order chi connectivity index (χ1) is 18.2. The number of carboxylic acid groups (broad SMARTS) is 1. The summed E-state index contributed by atoms with van der Waals surface area (Å²) in [7, 11) is 1.65. The molecule has 204 valence electrons. The molecule has 6 nitrogen and oxygen atoms in total. The first-order valence-electron chi connectivity index (χ1n) is 13.0. The van der Waals surface area contributed by atoms with Gasteiger partial charge in [-0.05, 0) is 92.1 Å². The van der Waals surface area contributed by atoms with Gasteiger partial charge in [-0.25, -0.2) is 13.2 Å². The summed E-state index contributed by atoms with van der Waals surface area (Å²) in [6, 6.07) is 9.78. The van der Waals surface area contributed by atoms with Crippen molar-refractivity contribution in [2.45, 2.75) is 31.6 Å². The Kier molecular flexibility index (Phi) is 9.09. The molecule has 0 aliphatic carbocycles. The van der Waals surface area contributed by atoms with E-state index in [1.165, 1.54) is 17.7 Å². The van der Waals surface area contributed by atoms with Crippen molar-refractivity contribution < 1.29 is 32.6 Å². The van der Waals surface area contributed by atoms with Crippen LogP contribution in [0.15, 0.2) is 42.5 Å². The average Bonchev–Trinajstić information content (AvgIpc) is 2.93. The molecule has 2 saturated heterocycles. The van der Waals surface area contributed by atoms with Gasteiger partial charge in [0.15, 0.2) is 17.5 Å². The third-order valence-electron chi connectivity index (χ3n) is 7.79. The van der Waals surface area contributed by atoms with Crippen LogP contribution in [-0.2, 0) is 9.59 Å². The monoisotopic (exact) mass is 530 g/mol. The van der Waals surface area contributed by atoms with Crippen LogP contribution in [0.5, 0.6) is 5.75 Å². The van der Waals surface area contributed by atoms with E-state index in [-0.39, 0.29) is 17.4 Å². The SMILES string of the molecule is COc1ccc(C2CCN(CC(C(=O)O)C3CCN(C(=O)C=Cc4cc(F)c(F)c(F)c4)CC3)CC2)cc1. The Balaban J connectivity index is 1.27. The van der Waals surface area contributed by atoms with Crippen LogP contribution in [0.3, 0.4) is 0 Å². The Morgan fingerprint density at radius 3 is 2.16 bits per heavy atom. The van der Waals surface area contributed by atoms with Crippen LogP contribution in [-0.4, -0.2) is 66.6 Å². The van der Waals surface area contributed by atoms with Crippen molar-refractivity contribution >= 4 is 18.0 Å². The lowest BCUT2D eigenvalue weighted by molar-refractivity contribution is -0.145. The predicted octanol–water partition coefficient (Wildman–Crippen LogP) is 4.94. The third kappa shape index (κ3) is 6.75. The zero-order chi connectivity index (χ0) is 27.2. The summed E-state index contributed by atoms with van der Waals surface area (Å²) >= 11 is 0. The number of carbonyl (C=O) groups is 2. The largest absolute Gasteiger partial charge is 0.497 e. The minimum atomic E-state index is -1.55. The number of benzene rings is 2. The number of likely N-dealkylation sites (tertiary alicyclic amines) is 2. The fourth-order valence-corrected chi connectivity index (χ4v) is 5.50. The van der Waals surface area contributed by atoms with Crippen molar-refractivity contribution in [3.63, 3.8) is 0 Å². The van der Waals surface area contributed by atoms with E-state index in [0.717, 1.165) is 43.8 Å². The number of aliphatic carboxylic acids is 1. The van der Waals surface area contributed by atoms with Gasteiger partial charge >= 0.3 is 5.97 Å². The lowest BCUT2D eigenvalue weighted by atomic mass is 9.83. The normalized spacial score (nSPS) is 18.6. The third-order valence-corrected chi connectivity index (χ3v) is 7.79. The van der Waals surface area contributed by atoms with Gasteiger partial charge in [0, 0.05) is 25.7 Å². The summed E-state index contributed by atoms with van der Waals surface area (Å²) in [5, 5.41) is 9.97. The second-order valence-electron chi connectivity index (χ2n) is 10.1. The molecule has 4 rings (SSSR count). The minimum Gasteiger partial charge on any atom is -0.497 e. The fourth-order valence-electron chi connectivity index (χ4n) is 5.50. The molecule has 0 aromatic heterocycles. The highest BCUT2D eigenvalue weighted by atomic mass is 19.2. The van der Waals surface area contributed by atoms with E-state index < -0.39 is 29.3 Å². The molecule has 1 amide bonds. The van der Waals surface area contributed by atoms with Gasteiger partial charge in [0.2, 0.25) is 5.91 Å². The summed E-state index contributed by atoms with van der Waals surface area (Å²) in [4.78, 5) is 28.6. The molecule has 2 aliphatic rings. The van der Waals surface area contributed by atoms with Crippen molar-refractivity contribution in [3.8, 4) is 5.75 Å². The Morgan fingerprint density at radius 2 is 1.61 bits per heavy atom. The van der Waals surface area contributed by atoms with Gasteiger partial charge in [-0.2, -0.15) is 0 Å². The van der Waals surface area contributed by atoms with Gasteiger partial charge < -0.3 is 19.6 Å². The standard InChI is InChI=1S/C29H33F3N2O4/c1-38-23-5-3-20(4-6-23)21-8-12-33(13-9-21)18-24(29(36)37)22-10-14-34(15-11-22)27(35)7-2-19-16-25(30)28(32)26(31)17-19/h2-7,16-17,21-22,24H,8-15,18H2,1H3,(H,36,37). The van der Waals surface area contributed by atoms with Crippen molar-refractivity contribution in [3.05, 3.63) is 71.1 Å². The molecule has 1 unspecified atom stereocenters. The number of carboxylic acids is 1. The first kappa shape index (κ1) is 27.7. The van der Waals surface area contributed by atoms with E-state index >= 15 is 0 Å². The molecule has 2 aromatic carbocycles. The lowest BCUT2D eigenvalue weighted by Crippen LogP contribution is -2.45. The highest BCUT2D eigenvalue weighted by Gasteiger charge is 2.34. The summed E-state index contributed by atoms with van der Waals surface area (Å²) in [6.45, 7) is 2.98. The molecule has 0 spiro atoms. The van der Waals surface area contributed by atoms with E-state index in [2.05, 4.69) is 17.0 Å². The predicted molar refractivity (Wildman–Crippen MR) is 137 cm³/mol. The maximum Gasteiger partial charge on any atom is 0.308 e. The van der Waals surface area contributed by atoms with Crippen LogP contribution in [0.2, 0.25) is 0 Å². The van der Waals surface area contributed by atoms with Crippen LogP contribution in [0.1, 0.15) is 42.7 Å². The van der Waals surface area contributed by atoms with E-state index in [1.807, 2.05) is 12.1 Å². The number of rotatable bonds is 8.